The number of anilines is 2. The number of benzene rings is 1. The average Bonchev–Trinajstić information content (AvgIpc) is 2.83. The molecule has 1 aliphatic rings. The minimum absolute atomic E-state index is 0.134. The molecule has 1 unspecified atom stereocenters. The molecule has 3 aromatic rings. The van der Waals surface area contributed by atoms with E-state index in [4.69, 9.17) is 36.5 Å². The van der Waals surface area contributed by atoms with Gasteiger partial charge in [-0.1, -0.05) is 18.5 Å². The molecular formula is C23H28ClN5O3. The number of hydrogen-bond acceptors (Lipinski definition) is 8. The molecule has 0 spiro atoms. The SMILES string of the molecule is CCc1c(OC)cc(OC)c(Cl)c1-c1cc2cnc(N)nc2c(N2CCCC(OC)C2)n1. The first kappa shape index (κ1) is 22.4. The summed E-state index contributed by atoms with van der Waals surface area (Å²) < 4.78 is 16.8. The number of pyridine rings is 1. The second kappa shape index (κ2) is 9.34. The molecule has 3 heterocycles. The summed E-state index contributed by atoms with van der Waals surface area (Å²) in [7, 11) is 4.97. The van der Waals surface area contributed by atoms with Gasteiger partial charge in [-0.2, -0.15) is 0 Å². The predicted octanol–water partition coefficient (Wildman–Crippen LogP) is 4.12. The lowest BCUT2D eigenvalue weighted by Crippen LogP contribution is -2.40. The Hall–Kier alpha value is -2.84. The molecule has 0 amide bonds. The number of methoxy groups -OCH3 is 3. The highest BCUT2D eigenvalue weighted by Gasteiger charge is 2.26. The van der Waals surface area contributed by atoms with Crippen LogP contribution in [-0.2, 0) is 11.2 Å². The fraction of sp³-hybridized carbons (Fsp3) is 0.435. The van der Waals surface area contributed by atoms with Gasteiger partial charge in [0.15, 0.2) is 5.82 Å². The van der Waals surface area contributed by atoms with Crippen LogP contribution in [0.2, 0.25) is 5.02 Å². The van der Waals surface area contributed by atoms with E-state index in [-0.39, 0.29) is 12.1 Å². The van der Waals surface area contributed by atoms with Gasteiger partial charge in [-0.15, -0.1) is 0 Å². The van der Waals surface area contributed by atoms with Crippen LogP contribution in [0.25, 0.3) is 22.2 Å². The number of nitrogens with zero attached hydrogens (tertiary/aromatic N) is 4. The third kappa shape index (κ3) is 4.00. The van der Waals surface area contributed by atoms with Gasteiger partial charge < -0.3 is 24.8 Å². The van der Waals surface area contributed by atoms with Crippen molar-refractivity contribution in [2.75, 3.05) is 45.1 Å². The first-order chi connectivity index (χ1) is 15.5. The number of halogens is 1. The minimum Gasteiger partial charge on any atom is -0.496 e. The summed E-state index contributed by atoms with van der Waals surface area (Å²) in [6, 6.07) is 3.75. The molecule has 1 aromatic carbocycles. The van der Waals surface area contributed by atoms with Crippen molar-refractivity contribution >= 4 is 34.3 Å². The van der Waals surface area contributed by atoms with Crippen LogP contribution in [0.5, 0.6) is 11.5 Å². The van der Waals surface area contributed by atoms with E-state index in [0.29, 0.717) is 34.2 Å². The zero-order chi connectivity index (χ0) is 22.8. The molecule has 0 aliphatic carbocycles. The Morgan fingerprint density at radius 3 is 2.62 bits per heavy atom. The maximum absolute atomic E-state index is 6.81. The zero-order valence-corrected chi connectivity index (χ0v) is 19.6. The zero-order valence-electron chi connectivity index (χ0n) is 18.8. The smallest absolute Gasteiger partial charge is 0.220 e. The number of piperidine rings is 1. The van der Waals surface area contributed by atoms with Crippen molar-refractivity contribution in [1.29, 1.82) is 0 Å². The van der Waals surface area contributed by atoms with Crippen LogP contribution < -0.4 is 20.1 Å². The van der Waals surface area contributed by atoms with Crippen LogP contribution in [0.1, 0.15) is 25.3 Å². The van der Waals surface area contributed by atoms with Crippen molar-refractivity contribution < 1.29 is 14.2 Å². The molecule has 0 radical (unpaired) electrons. The minimum atomic E-state index is 0.134. The Labute approximate surface area is 192 Å². The number of ether oxygens (including phenoxy) is 3. The number of nitrogens with two attached hydrogens (primary N) is 1. The Bertz CT molecular complexity index is 1140. The van der Waals surface area contributed by atoms with Gasteiger partial charge in [0, 0.05) is 49.0 Å². The Morgan fingerprint density at radius 1 is 1.16 bits per heavy atom. The predicted molar refractivity (Wildman–Crippen MR) is 127 cm³/mol. The second-order valence-electron chi connectivity index (χ2n) is 7.75. The van der Waals surface area contributed by atoms with E-state index in [9.17, 15) is 0 Å². The molecule has 4 rings (SSSR count). The van der Waals surface area contributed by atoms with Gasteiger partial charge in [0.05, 0.1) is 31.0 Å². The van der Waals surface area contributed by atoms with E-state index in [1.54, 1.807) is 27.5 Å². The fourth-order valence-electron chi connectivity index (χ4n) is 4.30. The van der Waals surface area contributed by atoms with Crippen LogP contribution in [0.3, 0.4) is 0 Å². The molecule has 8 nitrogen and oxygen atoms in total. The molecule has 170 valence electrons. The van der Waals surface area contributed by atoms with Gasteiger partial charge in [0.2, 0.25) is 5.95 Å². The molecule has 1 saturated heterocycles. The summed E-state index contributed by atoms with van der Waals surface area (Å²) in [5.74, 6) is 2.19. The molecule has 32 heavy (non-hydrogen) atoms. The van der Waals surface area contributed by atoms with Crippen LogP contribution in [0.4, 0.5) is 11.8 Å². The Morgan fingerprint density at radius 2 is 1.94 bits per heavy atom. The molecule has 1 fully saturated rings. The van der Waals surface area contributed by atoms with E-state index in [0.717, 1.165) is 48.3 Å². The summed E-state index contributed by atoms with van der Waals surface area (Å²) in [5.41, 5.74) is 9.08. The normalized spacial score (nSPS) is 16.4. The largest absolute Gasteiger partial charge is 0.496 e. The molecule has 0 bridgehead atoms. The quantitative estimate of drug-likeness (QED) is 0.590. The first-order valence-electron chi connectivity index (χ1n) is 10.6. The topological polar surface area (TPSA) is 95.6 Å². The monoisotopic (exact) mass is 457 g/mol. The Balaban J connectivity index is 1.98. The van der Waals surface area contributed by atoms with Crippen molar-refractivity contribution in [2.24, 2.45) is 0 Å². The van der Waals surface area contributed by atoms with Crippen molar-refractivity contribution in [3.63, 3.8) is 0 Å². The van der Waals surface area contributed by atoms with E-state index in [1.807, 2.05) is 12.1 Å². The average molecular weight is 458 g/mol. The van der Waals surface area contributed by atoms with Crippen LogP contribution in [0.15, 0.2) is 18.3 Å². The van der Waals surface area contributed by atoms with Gasteiger partial charge in [-0.05, 0) is 25.3 Å². The molecule has 9 heteroatoms. The van der Waals surface area contributed by atoms with Gasteiger partial charge in [0.1, 0.15) is 17.0 Å². The van der Waals surface area contributed by atoms with Crippen molar-refractivity contribution in [1.82, 2.24) is 15.0 Å². The Kier molecular flexibility index (Phi) is 6.53. The van der Waals surface area contributed by atoms with E-state index >= 15 is 0 Å². The van der Waals surface area contributed by atoms with E-state index in [2.05, 4.69) is 21.8 Å². The third-order valence-electron chi connectivity index (χ3n) is 5.92. The lowest BCUT2D eigenvalue weighted by atomic mass is 9.99. The second-order valence-corrected chi connectivity index (χ2v) is 8.12. The molecule has 2 aromatic heterocycles. The highest BCUT2D eigenvalue weighted by molar-refractivity contribution is 6.35. The standard InChI is InChI=1S/C23H28ClN5O3/c1-5-15-17(31-3)10-18(32-4)20(24)19(15)16-9-13-11-26-23(25)28-21(13)22(27-16)29-8-6-7-14(12-29)30-2/h9-11,14H,5-8,12H2,1-4H3,(H2,25,26,28). The van der Waals surface area contributed by atoms with E-state index < -0.39 is 0 Å². The van der Waals surface area contributed by atoms with Crippen molar-refractivity contribution in [2.45, 2.75) is 32.3 Å². The summed E-state index contributed by atoms with van der Waals surface area (Å²) in [4.78, 5) is 16.0. The highest BCUT2D eigenvalue weighted by atomic mass is 35.5. The first-order valence-corrected chi connectivity index (χ1v) is 11.0. The summed E-state index contributed by atoms with van der Waals surface area (Å²) in [5, 5.41) is 1.33. The lowest BCUT2D eigenvalue weighted by Gasteiger charge is -2.33. The van der Waals surface area contributed by atoms with Crippen molar-refractivity contribution in [3.8, 4) is 22.8 Å². The highest BCUT2D eigenvalue weighted by Crippen LogP contribution is 2.44. The molecule has 0 saturated carbocycles. The van der Waals surface area contributed by atoms with Gasteiger partial charge in [-0.3, -0.25) is 0 Å². The third-order valence-corrected chi connectivity index (χ3v) is 6.30. The fourth-order valence-corrected chi connectivity index (χ4v) is 4.65. The molecule has 1 aliphatic heterocycles. The maximum atomic E-state index is 6.81. The summed E-state index contributed by atoms with van der Waals surface area (Å²) in [6.45, 7) is 3.64. The van der Waals surface area contributed by atoms with Gasteiger partial charge in [0.25, 0.3) is 0 Å². The van der Waals surface area contributed by atoms with Crippen LogP contribution in [-0.4, -0.2) is 55.5 Å². The number of fused-ring (bicyclic) bond motifs is 1. The number of nitrogen functional groups attached to an aromatic ring is 1. The number of rotatable bonds is 6. The number of hydrogen-bond donors (Lipinski definition) is 1. The van der Waals surface area contributed by atoms with Gasteiger partial charge >= 0.3 is 0 Å². The maximum Gasteiger partial charge on any atom is 0.220 e. The molecule has 2 N–H and O–H groups in total. The lowest BCUT2D eigenvalue weighted by molar-refractivity contribution is 0.0892. The van der Waals surface area contributed by atoms with E-state index in [1.165, 1.54) is 0 Å². The van der Waals surface area contributed by atoms with Crippen LogP contribution >= 0.6 is 11.6 Å². The summed E-state index contributed by atoms with van der Waals surface area (Å²) in [6.07, 6.45) is 4.59. The van der Waals surface area contributed by atoms with Crippen LogP contribution in [0, 0.1) is 0 Å². The number of aromatic nitrogens is 3. The summed E-state index contributed by atoms with van der Waals surface area (Å²) >= 11 is 6.81. The van der Waals surface area contributed by atoms with Gasteiger partial charge in [-0.25, -0.2) is 15.0 Å². The molecule has 1 atom stereocenters. The van der Waals surface area contributed by atoms with Crippen molar-refractivity contribution in [3.05, 3.63) is 28.9 Å². The molecular weight excluding hydrogens is 430 g/mol.